The number of hydrogen-bond acceptors (Lipinski definition) is 4. The minimum Gasteiger partial charge on any atom is -0.495 e. The Morgan fingerprint density at radius 2 is 2.14 bits per heavy atom. The van der Waals surface area contributed by atoms with Crippen molar-refractivity contribution < 1.29 is 19.6 Å². The van der Waals surface area contributed by atoms with Crippen LogP contribution < -0.4 is 4.74 Å². The topological polar surface area (TPSA) is 94.6 Å². The largest absolute Gasteiger partial charge is 0.495 e. The summed E-state index contributed by atoms with van der Waals surface area (Å²) < 4.78 is 7.08. The zero-order chi connectivity index (χ0) is 15.7. The van der Waals surface area contributed by atoms with Gasteiger partial charge in [-0.2, -0.15) is 0 Å². The van der Waals surface area contributed by atoms with Crippen molar-refractivity contribution in [2.45, 2.75) is 19.8 Å². The summed E-state index contributed by atoms with van der Waals surface area (Å²) in [6.07, 6.45) is 0.167. The summed E-state index contributed by atoms with van der Waals surface area (Å²) in [5.41, 5.74) is 2.07. The van der Waals surface area contributed by atoms with Crippen LogP contribution in [0.1, 0.15) is 17.7 Å². The summed E-state index contributed by atoms with van der Waals surface area (Å²) in [5, 5.41) is 20.6. The number of aromatic nitrogens is 1. The number of ether oxygens (including phenoxy) is 1. The van der Waals surface area contributed by atoms with E-state index in [0.29, 0.717) is 22.2 Å². The Hall–Kier alpha value is -2.57. The number of nitrogens with zero attached hydrogens (tertiary/aromatic N) is 2. The second kappa shape index (κ2) is 5.43. The maximum Gasteiger partial charge on any atom is 0.303 e. The van der Waals surface area contributed by atoms with Crippen LogP contribution >= 0.6 is 0 Å². The van der Waals surface area contributed by atoms with Crippen LogP contribution in [-0.4, -0.2) is 27.7 Å². The van der Waals surface area contributed by atoms with E-state index in [-0.39, 0.29) is 18.5 Å². The molecule has 0 saturated carbocycles. The number of methoxy groups -OCH3 is 1. The van der Waals surface area contributed by atoms with Gasteiger partial charge in [0.15, 0.2) is 0 Å². The van der Waals surface area contributed by atoms with E-state index in [0.717, 1.165) is 5.69 Å². The van der Waals surface area contributed by atoms with E-state index < -0.39 is 10.9 Å². The Labute approximate surface area is 120 Å². The highest BCUT2D eigenvalue weighted by Gasteiger charge is 2.24. The summed E-state index contributed by atoms with van der Waals surface area (Å²) in [6.45, 7) is 1.82. The van der Waals surface area contributed by atoms with Gasteiger partial charge in [0.1, 0.15) is 5.75 Å². The molecule has 0 aliphatic carbocycles. The molecule has 21 heavy (non-hydrogen) atoms. The fourth-order valence-corrected chi connectivity index (χ4v) is 2.60. The van der Waals surface area contributed by atoms with Crippen LogP contribution in [0.5, 0.6) is 5.75 Å². The van der Waals surface area contributed by atoms with Crippen LogP contribution in [0.3, 0.4) is 0 Å². The number of nitro benzene ring substituents is 1. The van der Waals surface area contributed by atoms with Gasteiger partial charge < -0.3 is 14.4 Å². The molecule has 7 heteroatoms. The van der Waals surface area contributed by atoms with Gasteiger partial charge in [0, 0.05) is 25.2 Å². The molecule has 112 valence electrons. The van der Waals surface area contributed by atoms with E-state index >= 15 is 0 Å². The van der Waals surface area contributed by atoms with Crippen LogP contribution in [0.2, 0.25) is 0 Å². The van der Waals surface area contributed by atoms with Gasteiger partial charge in [-0.3, -0.25) is 14.9 Å². The molecule has 0 unspecified atom stereocenters. The first-order valence-electron chi connectivity index (χ1n) is 6.39. The number of nitro groups is 1. The fourth-order valence-electron chi connectivity index (χ4n) is 2.60. The average molecular weight is 292 g/mol. The highest BCUT2D eigenvalue weighted by atomic mass is 16.6. The maximum atomic E-state index is 11.3. The minimum atomic E-state index is -0.933. The third kappa shape index (κ3) is 2.42. The lowest BCUT2D eigenvalue weighted by atomic mass is 10.0. The molecule has 0 spiro atoms. The Balaban J connectivity index is 2.80. The van der Waals surface area contributed by atoms with Crippen LogP contribution in [0, 0.1) is 17.0 Å². The van der Waals surface area contributed by atoms with Gasteiger partial charge in [-0.15, -0.1) is 0 Å². The Kier molecular flexibility index (Phi) is 3.84. The first kappa shape index (κ1) is 14.8. The van der Waals surface area contributed by atoms with Crippen molar-refractivity contribution in [1.82, 2.24) is 4.57 Å². The van der Waals surface area contributed by atoms with Crippen molar-refractivity contribution in [2.75, 3.05) is 7.11 Å². The van der Waals surface area contributed by atoms with Gasteiger partial charge in [0.05, 0.1) is 22.9 Å². The molecule has 1 N–H and O–H groups in total. The normalized spacial score (nSPS) is 10.8. The number of carboxylic acids is 1. The highest BCUT2D eigenvalue weighted by Crippen LogP contribution is 2.38. The van der Waals surface area contributed by atoms with Crippen molar-refractivity contribution in [3.8, 4) is 5.75 Å². The number of hydrogen-bond donors (Lipinski definition) is 1. The molecule has 1 heterocycles. The third-order valence-electron chi connectivity index (χ3n) is 3.70. The summed E-state index contributed by atoms with van der Waals surface area (Å²) in [5.74, 6) is -0.403. The maximum absolute atomic E-state index is 11.3. The molecule has 0 amide bonds. The van der Waals surface area contributed by atoms with E-state index in [1.807, 2.05) is 6.92 Å². The van der Waals surface area contributed by atoms with Gasteiger partial charge in [0.2, 0.25) is 0 Å². The summed E-state index contributed by atoms with van der Waals surface area (Å²) in [7, 11) is 3.29. The quantitative estimate of drug-likeness (QED) is 0.674. The SMILES string of the molecule is COc1ccc([N+](=O)[O-])c2c(CCC(=O)O)c(C)n(C)c12. The Morgan fingerprint density at radius 1 is 1.48 bits per heavy atom. The number of carbonyl (C=O) groups is 1. The molecule has 0 radical (unpaired) electrons. The number of aliphatic carboxylic acids is 1. The fraction of sp³-hybridized carbons (Fsp3) is 0.357. The van der Waals surface area contributed by atoms with Crippen molar-refractivity contribution in [1.29, 1.82) is 0 Å². The van der Waals surface area contributed by atoms with Gasteiger partial charge in [-0.25, -0.2) is 0 Å². The standard InChI is InChI=1S/C14H16N2O5/c1-8-9(4-7-12(17)18)13-10(16(19)20)5-6-11(21-3)14(13)15(8)2/h5-6H,4,7H2,1-3H3,(H,17,18). The van der Waals surface area contributed by atoms with E-state index in [4.69, 9.17) is 9.84 Å². The predicted octanol–water partition coefficient (Wildman–Crippen LogP) is 2.42. The molecule has 1 aromatic carbocycles. The second-order valence-corrected chi connectivity index (χ2v) is 4.78. The average Bonchev–Trinajstić information content (AvgIpc) is 2.68. The molecule has 0 saturated heterocycles. The molecule has 7 nitrogen and oxygen atoms in total. The first-order chi connectivity index (χ1) is 9.88. The summed E-state index contributed by atoms with van der Waals surface area (Å²) in [4.78, 5) is 21.6. The molecule has 0 fully saturated rings. The molecule has 1 aromatic heterocycles. The number of aryl methyl sites for hydroxylation is 2. The lowest BCUT2D eigenvalue weighted by Crippen LogP contribution is -1.99. The van der Waals surface area contributed by atoms with Crippen LogP contribution in [0.15, 0.2) is 12.1 Å². The van der Waals surface area contributed by atoms with E-state index in [1.165, 1.54) is 13.2 Å². The molecule has 2 aromatic rings. The van der Waals surface area contributed by atoms with E-state index in [9.17, 15) is 14.9 Å². The highest BCUT2D eigenvalue weighted by molar-refractivity contribution is 5.97. The number of fused-ring (bicyclic) bond motifs is 1. The van der Waals surface area contributed by atoms with E-state index in [1.54, 1.807) is 17.7 Å². The molecule has 2 rings (SSSR count). The zero-order valence-electron chi connectivity index (χ0n) is 12.0. The smallest absolute Gasteiger partial charge is 0.303 e. The monoisotopic (exact) mass is 292 g/mol. The molecule has 0 aliphatic rings. The first-order valence-corrected chi connectivity index (χ1v) is 6.39. The molecular formula is C14H16N2O5. The summed E-state index contributed by atoms with van der Waals surface area (Å²) >= 11 is 0. The van der Waals surface area contributed by atoms with Gasteiger partial charge >= 0.3 is 5.97 Å². The number of rotatable bonds is 5. The predicted molar refractivity (Wildman–Crippen MR) is 76.8 cm³/mol. The zero-order valence-corrected chi connectivity index (χ0v) is 12.0. The van der Waals surface area contributed by atoms with E-state index in [2.05, 4.69) is 0 Å². The Bertz CT molecular complexity index is 733. The molecular weight excluding hydrogens is 276 g/mol. The van der Waals surface area contributed by atoms with Gasteiger partial charge in [0.25, 0.3) is 5.69 Å². The van der Waals surface area contributed by atoms with Crippen LogP contribution in [0.25, 0.3) is 10.9 Å². The Morgan fingerprint density at radius 3 is 2.67 bits per heavy atom. The van der Waals surface area contributed by atoms with Crippen molar-refractivity contribution >= 4 is 22.6 Å². The molecule has 0 atom stereocenters. The lowest BCUT2D eigenvalue weighted by molar-refractivity contribution is -0.383. The van der Waals surface area contributed by atoms with Crippen LogP contribution in [-0.2, 0) is 18.3 Å². The molecule has 0 aliphatic heterocycles. The van der Waals surface area contributed by atoms with Crippen LogP contribution in [0.4, 0.5) is 5.69 Å². The van der Waals surface area contributed by atoms with Gasteiger partial charge in [-0.1, -0.05) is 0 Å². The number of carboxylic acid groups (broad SMARTS) is 1. The number of non-ortho nitro benzene ring substituents is 1. The van der Waals surface area contributed by atoms with Gasteiger partial charge in [-0.05, 0) is 25.0 Å². The third-order valence-corrected chi connectivity index (χ3v) is 3.70. The van der Waals surface area contributed by atoms with Crippen molar-refractivity contribution in [2.24, 2.45) is 7.05 Å². The second-order valence-electron chi connectivity index (χ2n) is 4.78. The van der Waals surface area contributed by atoms with Crippen molar-refractivity contribution in [3.63, 3.8) is 0 Å². The summed E-state index contributed by atoms with van der Waals surface area (Å²) in [6, 6.07) is 2.95. The number of benzene rings is 1. The van der Waals surface area contributed by atoms with Crippen molar-refractivity contribution in [3.05, 3.63) is 33.5 Å². The molecule has 0 bridgehead atoms. The minimum absolute atomic E-state index is 0.0325. The lowest BCUT2D eigenvalue weighted by Gasteiger charge is -2.05.